The van der Waals surface area contributed by atoms with Gasteiger partial charge in [0.25, 0.3) is 0 Å². The molecule has 0 aliphatic carbocycles. The lowest BCUT2D eigenvalue weighted by atomic mass is 9.92. The van der Waals surface area contributed by atoms with Crippen molar-refractivity contribution in [3.05, 3.63) is 83.8 Å². The van der Waals surface area contributed by atoms with Crippen LogP contribution in [0.25, 0.3) is 16.5 Å². The van der Waals surface area contributed by atoms with E-state index in [4.69, 9.17) is 5.10 Å². The Balaban J connectivity index is 1.76. The highest BCUT2D eigenvalue weighted by Gasteiger charge is 2.22. The second-order valence-corrected chi connectivity index (χ2v) is 8.62. The molecule has 0 radical (unpaired) electrons. The number of hydrogen-bond acceptors (Lipinski definition) is 3. The predicted molar refractivity (Wildman–Crippen MR) is 125 cm³/mol. The molecule has 0 fully saturated rings. The van der Waals surface area contributed by atoms with Gasteiger partial charge >= 0.3 is 6.03 Å². The molecule has 0 atom stereocenters. The lowest BCUT2D eigenvalue weighted by Crippen LogP contribution is -2.22. The Kier molecular flexibility index (Phi) is 5.67. The molecular formula is C25H25FN4O2. The summed E-state index contributed by atoms with van der Waals surface area (Å²) < 4.78 is 15.6. The Morgan fingerprint density at radius 3 is 2.47 bits per heavy atom. The van der Waals surface area contributed by atoms with Crippen LogP contribution in [-0.4, -0.2) is 20.9 Å². The van der Waals surface area contributed by atoms with Gasteiger partial charge in [-0.15, -0.1) is 0 Å². The summed E-state index contributed by atoms with van der Waals surface area (Å²) in [6.07, 6.45) is 0. The minimum absolute atomic E-state index is 0.0837. The first-order valence-electron chi connectivity index (χ1n) is 10.3. The van der Waals surface area contributed by atoms with Crippen LogP contribution in [0.2, 0.25) is 0 Å². The Morgan fingerprint density at radius 2 is 1.75 bits per heavy atom. The zero-order chi connectivity index (χ0) is 22.9. The number of nitrogens with zero attached hydrogens (tertiary/aromatic N) is 2. The average molecular weight is 432 g/mol. The van der Waals surface area contributed by atoms with Crippen molar-refractivity contribution in [3.63, 3.8) is 0 Å². The van der Waals surface area contributed by atoms with E-state index in [2.05, 4.69) is 10.6 Å². The highest BCUT2D eigenvalue weighted by atomic mass is 19.1. The quantitative estimate of drug-likeness (QED) is 0.393. The maximum atomic E-state index is 13.9. The van der Waals surface area contributed by atoms with Crippen LogP contribution in [-0.2, 0) is 12.0 Å². The third-order valence-electron chi connectivity index (χ3n) is 5.19. The second kappa shape index (κ2) is 8.43. The fraction of sp³-hybridized carbons (Fsp3) is 0.200. The molecule has 7 heteroatoms. The molecular weight excluding hydrogens is 407 g/mol. The summed E-state index contributed by atoms with van der Waals surface area (Å²) in [6, 6.07) is 18.8. The van der Waals surface area contributed by atoms with E-state index in [1.165, 1.54) is 12.1 Å². The Labute approximate surface area is 185 Å². The number of amides is 2. The topological polar surface area (TPSA) is 79.2 Å². The van der Waals surface area contributed by atoms with Crippen molar-refractivity contribution in [2.24, 2.45) is 0 Å². The van der Waals surface area contributed by atoms with Crippen LogP contribution in [0.5, 0.6) is 0 Å². The molecule has 4 rings (SSSR count). The number of aromatic nitrogens is 2. The number of nitrogens with one attached hydrogen (secondary N) is 2. The van der Waals surface area contributed by atoms with E-state index in [1.807, 2.05) is 57.2 Å². The number of anilines is 2. The van der Waals surface area contributed by atoms with Crippen LogP contribution in [0, 0.1) is 5.82 Å². The normalized spacial score (nSPS) is 11.5. The van der Waals surface area contributed by atoms with E-state index in [0.717, 1.165) is 22.0 Å². The van der Waals surface area contributed by atoms with E-state index in [0.29, 0.717) is 11.5 Å². The molecule has 1 heterocycles. The zero-order valence-corrected chi connectivity index (χ0v) is 18.2. The minimum atomic E-state index is -0.583. The molecule has 0 bridgehead atoms. The van der Waals surface area contributed by atoms with Crippen LogP contribution < -0.4 is 10.6 Å². The molecule has 164 valence electrons. The summed E-state index contributed by atoms with van der Waals surface area (Å²) in [6.45, 7) is 5.96. The van der Waals surface area contributed by atoms with E-state index < -0.39 is 11.8 Å². The largest absolute Gasteiger partial charge is 0.392 e. The van der Waals surface area contributed by atoms with Gasteiger partial charge in [0.1, 0.15) is 11.6 Å². The fourth-order valence-electron chi connectivity index (χ4n) is 3.49. The van der Waals surface area contributed by atoms with Gasteiger partial charge in [0.15, 0.2) is 0 Å². The SMILES string of the molecule is CC(C)(C)c1cc(NC(=O)Nc2ccccc2F)n(-c2cc(CO)c3ccccc3c2)n1. The van der Waals surface area contributed by atoms with E-state index in [-0.39, 0.29) is 17.7 Å². The first kappa shape index (κ1) is 21.5. The van der Waals surface area contributed by atoms with Crippen LogP contribution >= 0.6 is 0 Å². The predicted octanol–water partition coefficient (Wildman–Crippen LogP) is 5.60. The molecule has 0 aliphatic heterocycles. The number of aliphatic hydroxyl groups is 1. The van der Waals surface area contributed by atoms with E-state index in [9.17, 15) is 14.3 Å². The number of fused-ring (bicyclic) bond motifs is 1. The highest BCUT2D eigenvalue weighted by molar-refractivity contribution is 5.99. The smallest absolute Gasteiger partial charge is 0.324 e. The van der Waals surface area contributed by atoms with Gasteiger partial charge in [0.2, 0.25) is 0 Å². The number of halogens is 1. The molecule has 4 aromatic rings. The van der Waals surface area contributed by atoms with E-state index >= 15 is 0 Å². The molecule has 3 N–H and O–H groups in total. The zero-order valence-electron chi connectivity index (χ0n) is 18.2. The van der Waals surface area contributed by atoms with Gasteiger partial charge < -0.3 is 10.4 Å². The number of para-hydroxylation sites is 1. The van der Waals surface area contributed by atoms with Crippen LogP contribution in [0.3, 0.4) is 0 Å². The minimum Gasteiger partial charge on any atom is -0.392 e. The van der Waals surface area contributed by atoms with E-state index in [1.54, 1.807) is 22.9 Å². The lowest BCUT2D eigenvalue weighted by molar-refractivity contribution is 0.262. The van der Waals surface area contributed by atoms with Crippen LogP contribution in [0.15, 0.2) is 66.7 Å². The maximum absolute atomic E-state index is 13.9. The monoisotopic (exact) mass is 432 g/mol. The molecule has 0 saturated heterocycles. The molecule has 6 nitrogen and oxygen atoms in total. The number of urea groups is 1. The summed E-state index contributed by atoms with van der Waals surface area (Å²) in [5, 5.41) is 21.8. The van der Waals surface area contributed by atoms with Gasteiger partial charge in [0.05, 0.1) is 23.7 Å². The molecule has 0 unspecified atom stereocenters. The number of carbonyl (C=O) groups is 1. The standard InChI is InChI=1S/C25H25FN4O2/c1-25(2,3)22-14-23(28-24(32)27-21-11-7-6-10-20(21)26)30(29-22)18-12-16-8-4-5-9-19(16)17(13-18)15-31/h4-14,31H,15H2,1-3H3,(H2,27,28,32). The number of rotatable bonds is 4. The number of carbonyl (C=O) groups excluding carboxylic acids is 1. The van der Waals surface area contributed by atoms with Crippen molar-refractivity contribution >= 4 is 28.3 Å². The number of aliphatic hydroxyl groups excluding tert-OH is 1. The molecule has 1 aromatic heterocycles. The van der Waals surface area contributed by atoms with Crippen molar-refractivity contribution in [3.8, 4) is 5.69 Å². The third-order valence-corrected chi connectivity index (χ3v) is 5.19. The maximum Gasteiger partial charge on any atom is 0.324 e. The molecule has 32 heavy (non-hydrogen) atoms. The fourth-order valence-corrected chi connectivity index (χ4v) is 3.49. The first-order chi connectivity index (χ1) is 15.3. The highest BCUT2D eigenvalue weighted by Crippen LogP contribution is 2.29. The van der Waals surface area contributed by atoms with Crippen molar-refractivity contribution in [2.45, 2.75) is 32.8 Å². The summed E-state index contributed by atoms with van der Waals surface area (Å²) in [7, 11) is 0. The molecule has 0 saturated carbocycles. The molecule has 2 amide bonds. The van der Waals surface area contributed by atoms with Gasteiger partial charge in [0, 0.05) is 11.5 Å². The Bertz CT molecular complexity index is 1290. The molecule has 0 spiro atoms. The van der Waals surface area contributed by atoms with Crippen molar-refractivity contribution in [1.29, 1.82) is 0 Å². The van der Waals surface area contributed by atoms with Crippen molar-refractivity contribution in [2.75, 3.05) is 10.6 Å². The second-order valence-electron chi connectivity index (χ2n) is 8.62. The molecule has 3 aromatic carbocycles. The number of benzene rings is 3. The summed E-state index contributed by atoms with van der Waals surface area (Å²) in [4.78, 5) is 12.6. The van der Waals surface area contributed by atoms with Gasteiger partial charge in [-0.2, -0.15) is 5.10 Å². The number of hydrogen-bond donors (Lipinski definition) is 3. The Morgan fingerprint density at radius 1 is 1.03 bits per heavy atom. The first-order valence-corrected chi connectivity index (χ1v) is 10.3. The van der Waals surface area contributed by atoms with Crippen LogP contribution in [0.4, 0.5) is 20.7 Å². The Hall–Kier alpha value is -3.71. The lowest BCUT2D eigenvalue weighted by Gasteiger charge is -2.14. The van der Waals surface area contributed by atoms with Gasteiger partial charge in [-0.25, -0.2) is 13.9 Å². The summed E-state index contributed by atoms with van der Waals surface area (Å²) >= 11 is 0. The van der Waals surface area contributed by atoms with Gasteiger partial charge in [-0.3, -0.25) is 5.32 Å². The van der Waals surface area contributed by atoms with Crippen LogP contribution in [0.1, 0.15) is 32.0 Å². The third kappa shape index (κ3) is 4.33. The summed E-state index contributed by atoms with van der Waals surface area (Å²) in [5.41, 5.74) is 2.05. The average Bonchev–Trinajstić information content (AvgIpc) is 3.18. The molecule has 0 aliphatic rings. The van der Waals surface area contributed by atoms with Crippen molar-refractivity contribution in [1.82, 2.24) is 9.78 Å². The van der Waals surface area contributed by atoms with Gasteiger partial charge in [-0.1, -0.05) is 57.2 Å². The summed E-state index contributed by atoms with van der Waals surface area (Å²) in [5.74, 6) is -0.0865. The van der Waals surface area contributed by atoms with Crippen molar-refractivity contribution < 1.29 is 14.3 Å². The van der Waals surface area contributed by atoms with Gasteiger partial charge in [-0.05, 0) is 40.6 Å².